The Labute approximate surface area is 156 Å². The summed E-state index contributed by atoms with van der Waals surface area (Å²) in [6.45, 7) is 5.32. The molecule has 0 radical (unpaired) electrons. The fourth-order valence-electron chi connectivity index (χ4n) is 4.55. The predicted molar refractivity (Wildman–Crippen MR) is 106 cm³/mol. The molecule has 3 heterocycles. The minimum Gasteiger partial charge on any atom is -0.368 e. The van der Waals surface area contributed by atoms with Crippen molar-refractivity contribution in [3.05, 3.63) is 22.9 Å². The van der Waals surface area contributed by atoms with Crippen LogP contribution >= 0.6 is 0 Å². The molecule has 1 aromatic heterocycles. The highest BCUT2D eigenvalue weighted by molar-refractivity contribution is 5.51. The van der Waals surface area contributed by atoms with Gasteiger partial charge in [0.1, 0.15) is 5.82 Å². The molecule has 3 aliphatic rings. The van der Waals surface area contributed by atoms with Crippen LogP contribution < -0.4 is 16.4 Å². The highest BCUT2D eigenvalue weighted by atomic mass is 15.2. The van der Waals surface area contributed by atoms with Gasteiger partial charge >= 0.3 is 0 Å². The van der Waals surface area contributed by atoms with E-state index >= 15 is 0 Å². The molecule has 0 spiro atoms. The van der Waals surface area contributed by atoms with Crippen molar-refractivity contribution in [2.45, 2.75) is 57.4 Å². The molecule has 1 atom stereocenters. The molecule has 1 fully saturated rings. The maximum absolute atomic E-state index is 6.02. The van der Waals surface area contributed by atoms with Crippen molar-refractivity contribution >= 4 is 11.8 Å². The van der Waals surface area contributed by atoms with E-state index in [2.05, 4.69) is 31.6 Å². The number of hydrogen-bond acceptors (Lipinski definition) is 6. The van der Waals surface area contributed by atoms with E-state index in [1.807, 2.05) is 0 Å². The first kappa shape index (κ1) is 17.7. The molecular weight excluding hydrogens is 324 g/mol. The Balaban J connectivity index is 1.46. The van der Waals surface area contributed by atoms with E-state index < -0.39 is 0 Å². The fourth-order valence-corrected chi connectivity index (χ4v) is 4.55. The van der Waals surface area contributed by atoms with Crippen LogP contribution in [0.25, 0.3) is 0 Å². The van der Waals surface area contributed by atoms with Gasteiger partial charge in [-0.2, -0.15) is 4.98 Å². The van der Waals surface area contributed by atoms with Crippen LogP contribution in [0, 0.1) is 0 Å². The number of nitrogens with two attached hydrogens (primary N) is 1. The Hall–Kier alpha value is -1.66. The van der Waals surface area contributed by atoms with Crippen molar-refractivity contribution in [3.8, 4) is 0 Å². The van der Waals surface area contributed by atoms with Crippen molar-refractivity contribution in [2.24, 2.45) is 0 Å². The fraction of sp³-hybridized carbons (Fsp3) is 0.700. The monoisotopic (exact) mass is 356 g/mol. The number of allylic oxidation sites excluding steroid dienone is 1. The summed E-state index contributed by atoms with van der Waals surface area (Å²) in [5.41, 5.74) is 9.95. The lowest BCUT2D eigenvalue weighted by molar-refractivity contribution is 0.173. The van der Waals surface area contributed by atoms with Gasteiger partial charge in [0.05, 0.1) is 5.69 Å². The zero-order chi connectivity index (χ0) is 17.8. The standard InChI is InChI=1S/C20H32N6/c21-20-24-18-9-12-26(16-7-4-10-22-14-16)11-8-17(18)19(25-20)23-13-15-5-2-1-3-6-15/h5,16,22H,1-4,6-14H2,(H3,21,23,24,25)/t16-/m1/s1. The minimum atomic E-state index is 0.400. The van der Waals surface area contributed by atoms with Crippen LogP contribution in [0.4, 0.5) is 11.8 Å². The molecule has 0 bridgehead atoms. The van der Waals surface area contributed by atoms with E-state index in [1.54, 1.807) is 0 Å². The highest BCUT2D eigenvalue weighted by Crippen LogP contribution is 2.25. The predicted octanol–water partition coefficient (Wildman–Crippen LogP) is 2.12. The summed E-state index contributed by atoms with van der Waals surface area (Å²) < 4.78 is 0. The van der Waals surface area contributed by atoms with E-state index in [0.717, 1.165) is 57.1 Å². The number of nitrogens with zero attached hydrogens (tertiary/aromatic N) is 3. The van der Waals surface area contributed by atoms with Gasteiger partial charge in [-0.15, -0.1) is 0 Å². The highest BCUT2D eigenvalue weighted by Gasteiger charge is 2.25. The number of rotatable bonds is 4. The van der Waals surface area contributed by atoms with Crippen LogP contribution in [0.5, 0.6) is 0 Å². The van der Waals surface area contributed by atoms with Crippen molar-refractivity contribution in [1.82, 2.24) is 20.2 Å². The van der Waals surface area contributed by atoms with Crippen LogP contribution in [-0.4, -0.2) is 53.6 Å². The van der Waals surface area contributed by atoms with Crippen molar-refractivity contribution < 1.29 is 0 Å². The third-order valence-corrected chi connectivity index (χ3v) is 6.05. The number of hydrogen-bond donors (Lipinski definition) is 3. The Kier molecular flexibility index (Phi) is 5.70. The molecule has 2 aliphatic heterocycles. The first-order chi connectivity index (χ1) is 12.8. The van der Waals surface area contributed by atoms with Crippen molar-refractivity contribution in [2.75, 3.05) is 43.8 Å². The Morgan fingerprint density at radius 3 is 2.88 bits per heavy atom. The summed E-state index contributed by atoms with van der Waals surface area (Å²) >= 11 is 0. The second-order valence-corrected chi connectivity index (χ2v) is 7.85. The van der Waals surface area contributed by atoms with E-state index in [9.17, 15) is 0 Å². The zero-order valence-corrected chi connectivity index (χ0v) is 15.8. The van der Waals surface area contributed by atoms with Crippen molar-refractivity contribution in [3.63, 3.8) is 0 Å². The van der Waals surface area contributed by atoms with Crippen LogP contribution in [0.2, 0.25) is 0 Å². The molecule has 142 valence electrons. The molecule has 1 saturated heterocycles. The maximum atomic E-state index is 6.02. The van der Waals surface area contributed by atoms with Crippen LogP contribution in [0.15, 0.2) is 11.6 Å². The van der Waals surface area contributed by atoms with Crippen LogP contribution in [0.3, 0.4) is 0 Å². The second-order valence-electron chi connectivity index (χ2n) is 7.85. The molecule has 1 aromatic rings. The van der Waals surface area contributed by atoms with Gasteiger partial charge in [0, 0.05) is 44.2 Å². The molecule has 1 aliphatic carbocycles. The third kappa shape index (κ3) is 4.18. The maximum Gasteiger partial charge on any atom is 0.222 e. The molecule has 0 unspecified atom stereocenters. The first-order valence-corrected chi connectivity index (χ1v) is 10.3. The van der Waals surface area contributed by atoms with Gasteiger partial charge in [-0.1, -0.05) is 11.6 Å². The van der Waals surface area contributed by atoms with Crippen molar-refractivity contribution in [1.29, 1.82) is 0 Å². The molecule has 4 rings (SSSR count). The number of nitrogens with one attached hydrogen (secondary N) is 2. The summed E-state index contributed by atoms with van der Waals surface area (Å²) in [7, 11) is 0. The SMILES string of the molecule is Nc1nc2c(c(NCC3=CCCCC3)n1)CCN([C@@H]1CCCNC1)CC2. The van der Waals surface area contributed by atoms with Crippen LogP contribution in [-0.2, 0) is 12.8 Å². The topological polar surface area (TPSA) is 79.1 Å². The number of anilines is 2. The zero-order valence-electron chi connectivity index (χ0n) is 15.8. The van der Waals surface area contributed by atoms with Gasteiger partial charge in [0.15, 0.2) is 0 Å². The summed E-state index contributed by atoms with van der Waals surface area (Å²) in [5, 5.41) is 7.12. The summed E-state index contributed by atoms with van der Waals surface area (Å²) in [5.74, 6) is 1.36. The quantitative estimate of drug-likeness (QED) is 0.717. The van der Waals surface area contributed by atoms with E-state index in [1.165, 1.54) is 49.7 Å². The molecule has 26 heavy (non-hydrogen) atoms. The second kappa shape index (κ2) is 8.35. The van der Waals surface area contributed by atoms with Gasteiger partial charge in [0.2, 0.25) is 5.95 Å². The molecular formula is C20H32N6. The Bertz CT molecular complexity index is 650. The minimum absolute atomic E-state index is 0.400. The molecule has 6 heteroatoms. The average molecular weight is 357 g/mol. The van der Waals surface area contributed by atoms with Gasteiger partial charge in [0.25, 0.3) is 0 Å². The largest absolute Gasteiger partial charge is 0.368 e. The Morgan fingerprint density at radius 1 is 1.15 bits per heavy atom. The Morgan fingerprint density at radius 2 is 2.08 bits per heavy atom. The van der Waals surface area contributed by atoms with E-state index in [4.69, 9.17) is 5.73 Å². The first-order valence-electron chi connectivity index (χ1n) is 10.3. The smallest absolute Gasteiger partial charge is 0.222 e. The molecule has 0 saturated carbocycles. The number of fused-ring (bicyclic) bond motifs is 1. The van der Waals surface area contributed by atoms with Crippen LogP contribution in [0.1, 0.15) is 49.8 Å². The number of nitrogen functional groups attached to an aromatic ring is 1. The molecule has 0 aromatic carbocycles. The van der Waals surface area contributed by atoms with Gasteiger partial charge in [-0.3, -0.25) is 4.90 Å². The summed E-state index contributed by atoms with van der Waals surface area (Å²) in [6.07, 6.45) is 12.0. The van der Waals surface area contributed by atoms with Gasteiger partial charge in [-0.25, -0.2) is 4.98 Å². The molecule has 4 N–H and O–H groups in total. The lowest BCUT2D eigenvalue weighted by Gasteiger charge is -2.33. The van der Waals surface area contributed by atoms with E-state index in [0.29, 0.717) is 12.0 Å². The molecule has 0 amide bonds. The van der Waals surface area contributed by atoms with E-state index in [-0.39, 0.29) is 0 Å². The summed E-state index contributed by atoms with van der Waals surface area (Å²) in [6, 6.07) is 0.659. The normalized spacial score (nSPS) is 24.5. The third-order valence-electron chi connectivity index (χ3n) is 6.05. The lowest BCUT2D eigenvalue weighted by Crippen LogP contribution is -2.46. The number of aromatic nitrogens is 2. The van der Waals surface area contributed by atoms with Gasteiger partial charge in [-0.05, 0) is 51.5 Å². The summed E-state index contributed by atoms with van der Waals surface area (Å²) in [4.78, 5) is 11.8. The molecule has 6 nitrogen and oxygen atoms in total. The average Bonchev–Trinajstić information content (AvgIpc) is 2.90. The lowest BCUT2D eigenvalue weighted by atomic mass is 9.99. The number of piperidine rings is 1. The van der Waals surface area contributed by atoms with Gasteiger partial charge < -0.3 is 16.4 Å².